The molecule has 0 saturated heterocycles. The molecule has 0 aliphatic rings. The third-order valence-corrected chi connectivity index (χ3v) is 3.96. The number of anilines is 2. The summed E-state index contributed by atoms with van der Waals surface area (Å²) in [6.45, 7) is 4.35. The maximum atomic E-state index is 13.5. The van der Waals surface area contributed by atoms with Gasteiger partial charge in [0.15, 0.2) is 0 Å². The number of amides is 1. The van der Waals surface area contributed by atoms with Crippen molar-refractivity contribution in [3.63, 3.8) is 0 Å². The van der Waals surface area contributed by atoms with Crippen LogP contribution in [0.5, 0.6) is 0 Å². The molecular formula is C21H19FN4O. The highest BCUT2D eigenvalue weighted by atomic mass is 19.1. The molecule has 0 bridgehead atoms. The van der Waals surface area contributed by atoms with Crippen LogP contribution >= 0.6 is 0 Å². The average molecular weight is 362 g/mol. The molecule has 5 nitrogen and oxygen atoms in total. The van der Waals surface area contributed by atoms with Crippen molar-refractivity contribution < 1.29 is 9.18 Å². The Morgan fingerprint density at radius 3 is 2.78 bits per heavy atom. The lowest BCUT2D eigenvalue weighted by Crippen LogP contribution is -2.14. The summed E-state index contributed by atoms with van der Waals surface area (Å²) in [5.41, 5.74) is 7.63. The Bertz CT molecular complexity index is 992. The van der Waals surface area contributed by atoms with E-state index in [0.717, 1.165) is 5.56 Å². The molecular weight excluding hydrogens is 343 g/mol. The van der Waals surface area contributed by atoms with Gasteiger partial charge in [-0.1, -0.05) is 55.1 Å². The van der Waals surface area contributed by atoms with E-state index in [4.69, 9.17) is 5.73 Å². The van der Waals surface area contributed by atoms with Gasteiger partial charge >= 0.3 is 0 Å². The van der Waals surface area contributed by atoms with Gasteiger partial charge in [0.2, 0.25) is 0 Å². The number of carbonyl (C=O) groups is 1. The van der Waals surface area contributed by atoms with Crippen molar-refractivity contribution in [1.29, 1.82) is 0 Å². The average Bonchev–Trinajstić information content (AvgIpc) is 3.14. The number of halogens is 1. The summed E-state index contributed by atoms with van der Waals surface area (Å²) in [6.07, 6.45) is 7.26. The Morgan fingerprint density at radius 2 is 2.00 bits per heavy atom. The molecule has 0 unspecified atom stereocenters. The Morgan fingerprint density at radius 1 is 1.22 bits per heavy atom. The van der Waals surface area contributed by atoms with Gasteiger partial charge in [0.25, 0.3) is 5.91 Å². The molecule has 6 heteroatoms. The lowest BCUT2D eigenvalue weighted by atomic mass is 10.1. The largest absolute Gasteiger partial charge is 0.395 e. The van der Waals surface area contributed by atoms with Crippen LogP contribution in [0.1, 0.15) is 11.1 Å². The highest BCUT2D eigenvalue weighted by Crippen LogP contribution is 2.23. The van der Waals surface area contributed by atoms with E-state index < -0.39 is 11.7 Å². The Kier molecular flexibility index (Phi) is 5.47. The van der Waals surface area contributed by atoms with Crippen molar-refractivity contribution >= 4 is 28.9 Å². The smallest absolute Gasteiger partial charge is 0.255 e. The number of nitrogens with one attached hydrogen (secondary N) is 1. The first-order valence-corrected chi connectivity index (χ1v) is 8.33. The number of aromatic nitrogens is 2. The molecule has 136 valence electrons. The van der Waals surface area contributed by atoms with Crippen LogP contribution in [-0.4, -0.2) is 15.7 Å². The van der Waals surface area contributed by atoms with Crippen LogP contribution in [0.3, 0.4) is 0 Å². The maximum absolute atomic E-state index is 13.5. The van der Waals surface area contributed by atoms with E-state index in [-0.39, 0.29) is 16.9 Å². The minimum absolute atomic E-state index is 0.111. The standard InChI is InChI=1S/C21H19FN4O/c1-15(21(27)25-19-11-5-10-18(22)20(19)23)17-13-24-26(14-17)12-6-9-16-7-3-2-4-8-16/h2-11,13-14H,1,12,23H2,(H,25,27)/b9-6+. The van der Waals surface area contributed by atoms with Gasteiger partial charge in [-0.15, -0.1) is 0 Å². The highest BCUT2D eigenvalue weighted by molar-refractivity contribution is 6.25. The van der Waals surface area contributed by atoms with Crippen LogP contribution in [0.4, 0.5) is 15.8 Å². The molecule has 0 fully saturated rings. The fraction of sp³-hybridized carbons (Fsp3) is 0.0476. The number of rotatable bonds is 6. The Labute approximate surface area is 156 Å². The Hall–Kier alpha value is -3.67. The fourth-order valence-corrected chi connectivity index (χ4v) is 2.46. The maximum Gasteiger partial charge on any atom is 0.255 e. The summed E-state index contributed by atoms with van der Waals surface area (Å²) < 4.78 is 15.2. The second-order valence-corrected chi connectivity index (χ2v) is 5.90. The van der Waals surface area contributed by atoms with E-state index >= 15 is 0 Å². The third kappa shape index (κ3) is 4.49. The number of hydrogen-bond acceptors (Lipinski definition) is 3. The molecule has 0 aliphatic heterocycles. The van der Waals surface area contributed by atoms with E-state index in [2.05, 4.69) is 17.0 Å². The van der Waals surface area contributed by atoms with Crippen molar-refractivity contribution in [1.82, 2.24) is 9.78 Å². The molecule has 0 aliphatic carbocycles. The topological polar surface area (TPSA) is 72.9 Å². The van der Waals surface area contributed by atoms with Crippen molar-refractivity contribution in [2.24, 2.45) is 0 Å². The zero-order valence-corrected chi connectivity index (χ0v) is 14.6. The zero-order chi connectivity index (χ0) is 19.2. The van der Waals surface area contributed by atoms with Crippen molar-refractivity contribution in [3.05, 3.63) is 90.5 Å². The quantitative estimate of drug-likeness (QED) is 0.515. The summed E-state index contributed by atoms with van der Waals surface area (Å²) >= 11 is 0. The van der Waals surface area contributed by atoms with Crippen LogP contribution in [0.15, 0.2) is 73.6 Å². The molecule has 0 radical (unpaired) electrons. The first kappa shape index (κ1) is 18.1. The van der Waals surface area contributed by atoms with E-state index in [1.807, 2.05) is 42.5 Å². The summed E-state index contributed by atoms with van der Waals surface area (Å²) in [4.78, 5) is 12.3. The molecule has 2 aromatic carbocycles. The fourth-order valence-electron chi connectivity index (χ4n) is 2.46. The van der Waals surface area contributed by atoms with Crippen molar-refractivity contribution in [3.8, 4) is 0 Å². The van der Waals surface area contributed by atoms with Gasteiger partial charge in [0, 0.05) is 17.3 Å². The van der Waals surface area contributed by atoms with Gasteiger partial charge in [-0.25, -0.2) is 4.39 Å². The lowest BCUT2D eigenvalue weighted by molar-refractivity contribution is -0.111. The monoisotopic (exact) mass is 362 g/mol. The molecule has 0 saturated carbocycles. The van der Waals surface area contributed by atoms with Crippen LogP contribution < -0.4 is 11.1 Å². The minimum Gasteiger partial charge on any atom is -0.395 e. The van der Waals surface area contributed by atoms with Crippen molar-refractivity contribution in [2.45, 2.75) is 6.54 Å². The molecule has 0 atom stereocenters. The van der Waals surface area contributed by atoms with E-state index in [0.29, 0.717) is 12.1 Å². The lowest BCUT2D eigenvalue weighted by Gasteiger charge is -2.09. The third-order valence-electron chi connectivity index (χ3n) is 3.96. The Balaban J connectivity index is 1.63. The normalized spacial score (nSPS) is 10.9. The summed E-state index contributed by atoms with van der Waals surface area (Å²) in [6, 6.07) is 14.2. The number of carbonyl (C=O) groups excluding carboxylic acids is 1. The first-order valence-electron chi connectivity index (χ1n) is 8.33. The zero-order valence-electron chi connectivity index (χ0n) is 14.6. The van der Waals surface area contributed by atoms with Gasteiger partial charge in [-0.3, -0.25) is 9.48 Å². The summed E-state index contributed by atoms with van der Waals surface area (Å²) in [5, 5.41) is 6.80. The van der Waals surface area contributed by atoms with Gasteiger partial charge < -0.3 is 11.1 Å². The molecule has 1 amide bonds. The molecule has 1 aromatic heterocycles. The second-order valence-electron chi connectivity index (χ2n) is 5.90. The van der Waals surface area contributed by atoms with Crippen LogP contribution in [-0.2, 0) is 11.3 Å². The van der Waals surface area contributed by atoms with Gasteiger partial charge in [-0.05, 0) is 17.7 Å². The van der Waals surface area contributed by atoms with Crippen LogP contribution in [0.25, 0.3) is 11.6 Å². The first-order chi connectivity index (χ1) is 13.0. The molecule has 1 heterocycles. The summed E-state index contributed by atoms with van der Waals surface area (Å²) in [7, 11) is 0. The number of benzene rings is 2. The molecule has 3 rings (SSSR count). The van der Waals surface area contributed by atoms with E-state index in [9.17, 15) is 9.18 Å². The number of nitrogen functional groups attached to an aromatic ring is 1. The van der Waals surface area contributed by atoms with E-state index in [1.54, 1.807) is 17.1 Å². The molecule has 0 spiro atoms. The molecule has 3 N–H and O–H groups in total. The SMILES string of the molecule is C=C(C(=O)Nc1cccc(F)c1N)c1cnn(C/C=C/c2ccccc2)c1. The van der Waals surface area contributed by atoms with Gasteiger partial charge in [0.05, 0.1) is 24.1 Å². The van der Waals surface area contributed by atoms with Crippen LogP contribution in [0.2, 0.25) is 0 Å². The van der Waals surface area contributed by atoms with Gasteiger partial charge in [-0.2, -0.15) is 5.10 Å². The number of allylic oxidation sites excluding steroid dienone is 1. The summed E-state index contributed by atoms with van der Waals surface area (Å²) in [5.74, 6) is -1.05. The van der Waals surface area contributed by atoms with Gasteiger partial charge in [0.1, 0.15) is 5.82 Å². The predicted octanol–water partition coefficient (Wildman–Crippen LogP) is 3.97. The minimum atomic E-state index is -0.587. The van der Waals surface area contributed by atoms with E-state index in [1.165, 1.54) is 18.2 Å². The number of para-hydroxylation sites is 1. The number of nitrogens with zero attached hydrogens (tertiary/aromatic N) is 2. The molecule has 3 aromatic rings. The number of nitrogens with two attached hydrogens (primary N) is 1. The highest BCUT2D eigenvalue weighted by Gasteiger charge is 2.14. The predicted molar refractivity (Wildman–Crippen MR) is 106 cm³/mol. The number of hydrogen-bond donors (Lipinski definition) is 2. The molecule has 27 heavy (non-hydrogen) atoms. The van der Waals surface area contributed by atoms with Crippen molar-refractivity contribution in [2.75, 3.05) is 11.1 Å². The van der Waals surface area contributed by atoms with Crippen LogP contribution in [0, 0.1) is 5.82 Å². The second kappa shape index (κ2) is 8.14.